The molecule has 21 heavy (non-hydrogen) atoms. The molecule has 0 bridgehead atoms. The molecule has 0 atom stereocenters. The largest absolute Gasteiger partial charge is 0.405 e. The molecular formula is C17H34N2OS. The Morgan fingerprint density at radius 2 is 1.67 bits per heavy atom. The monoisotopic (exact) mass is 314 g/mol. The third kappa shape index (κ3) is 9.75. The van der Waals surface area contributed by atoms with Crippen molar-refractivity contribution >= 4 is 12.0 Å². The first-order valence-corrected chi connectivity index (χ1v) is 9.01. The zero-order chi connectivity index (χ0) is 16.7. The van der Waals surface area contributed by atoms with E-state index in [0.29, 0.717) is 17.2 Å². The van der Waals surface area contributed by atoms with Crippen molar-refractivity contribution in [1.29, 1.82) is 0 Å². The highest BCUT2D eigenvalue weighted by atomic mass is 32.2. The maximum absolute atomic E-state index is 5.54. The summed E-state index contributed by atoms with van der Waals surface area (Å²) < 4.78 is 5.54. The van der Waals surface area contributed by atoms with Crippen LogP contribution in [0.15, 0.2) is 18.3 Å². The molecule has 1 N–H and O–H groups in total. The van der Waals surface area contributed by atoms with Crippen molar-refractivity contribution in [3.05, 3.63) is 23.9 Å². The average Bonchev–Trinajstić information content (AvgIpc) is 2.54. The Bertz CT molecular complexity index is 311. The molecule has 1 aromatic heterocycles. The van der Waals surface area contributed by atoms with E-state index < -0.39 is 0 Å². The second-order valence-electron chi connectivity index (χ2n) is 3.93. The molecule has 124 valence electrons. The molecule has 0 amide bonds. The van der Waals surface area contributed by atoms with Gasteiger partial charge in [-0.3, -0.25) is 0 Å². The zero-order valence-corrected chi connectivity index (χ0v) is 15.9. The van der Waals surface area contributed by atoms with Crippen molar-refractivity contribution in [3.63, 3.8) is 0 Å². The van der Waals surface area contributed by atoms with Crippen LogP contribution >= 0.6 is 12.0 Å². The van der Waals surface area contributed by atoms with E-state index in [1.807, 2.05) is 73.8 Å². The number of hydrogen-bond acceptors (Lipinski definition) is 4. The molecule has 1 saturated carbocycles. The molecule has 0 spiro atoms. The Morgan fingerprint density at radius 1 is 1.10 bits per heavy atom. The van der Waals surface area contributed by atoms with Crippen molar-refractivity contribution in [2.24, 2.45) is 0 Å². The highest BCUT2D eigenvalue weighted by molar-refractivity contribution is 7.95. The summed E-state index contributed by atoms with van der Waals surface area (Å²) in [5, 5.41) is 3.87. The van der Waals surface area contributed by atoms with Crippen molar-refractivity contribution in [2.75, 3.05) is 7.05 Å². The quantitative estimate of drug-likeness (QED) is 0.770. The van der Waals surface area contributed by atoms with Crippen LogP contribution in [0.5, 0.6) is 5.88 Å². The minimum absolute atomic E-state index is 0.616. The van der Waals surface area contributed by atoms with Gasteiger partial charge >= 0.3 is 0 Å². The lowest BCUT2D eigenvalue weighted by molar-refractivity contribution is 0.366. The van der Waals surface area contributed by atoms with E-state index in [0.717, 1.165) is 5.56 Å². The van der Waals surface area contributed by atoms with E-state index in [9.17, 15) is 0 Å². The van der Waals surface area contributed by atoms with E-state index >= 15 is 0 Å². The van der Waals surface area contributed by atoms with E-state index in [1.165, 1.54) is 24.9 Å². The van der Waals surface area contributed by atoms with Gasteiger partial charge in [-0.15, -0.1) is 0 Å². The Morgan fingerprint density at radius 3 is 2.10 bits per heavy atom. The summed E-state index contributed by atoms with van der Waals surface area (Å²) in [6.45, 7) is 14.0. The summed E-state index contributed by atoms with van der Waals surface area (Å²) in [5.74, 6) is 0.707. The Labute approximate surface area is 136 Å². The second-order valence-corrected chi connectivity index (χ2v) is 4.96. The van der Waals surface area contributed by atoms with Gasteiger partial charge in [-0.05, 0) is 32.4 Å². The molecule has 1 aliphatic rings. The molecule has 0 saturated heterocycles. The Balaban J connectivity index is 0. The van der Waals surface area contributed by atoms with Gasteiger partial charge in [-0.2, -0.15) is 0 Å². The normalized spacial score (nSPS) is 18.5. The molecular weight excluding hydrogens is 280 g/mol. The summed E-state index contributed by atoms with van der Waals surface area (Å²) >= 11 is 1.54. The van der Waals surface area contributed by atoms with Gasteiger partial charge in [0.05, 0.1) is 12.0 Å². The second kappa shape index (κ2) is 15.6. The molecule has 1 aromatic rings. The van der Waals surface area contributed by atoms with E-state index in [-0.39, 0.29) is 0 Å². The fourth-order valence-corrected chi connectivity index (χ4v) is 2.46. The smallest absolute Gasteiger partial charge is 0.227 e. The van der Waals surface area contributed by atoms with Gasteiger partial charge in [-0.25, -0.2) is 4.98 Å². The summed E-state index contributed by atoms with van der Waals surface area (Å²) in [6.07, 6.45) is 4.20. The van der Waals surface area contributed by atoms with Gasteiger partial charge in [0.15, 0.2) is 0 Å². The number of hydrogen-bond donors (Lipinski definition) is 1. The Kier molecular flexibility index (Phi) is 16.8. The standard InChI is InChI=1S/C11H16N2OS.3C2H6/c1-8-3-4-11(13-7-8)14-15-10-5-9(6-10)12-2;3*1-2/h3-4,7,9-10,12H,5-6H2,1-2H3;3*1-2H3. The molecule has 2 rings (SSSR count). The minimum Gasteiger partial charge on any atom is -0.405 e. The molecule has 4 heteroatoms. The molecule has 0 aliphatic heterocycles. The minimum atomic E-state index is 0.616. The summed E-state index contributed by atoms with van der Waals surface area (Å²) in [7, 11) is 2.01. The van der Waals surface area contributed by atoms with Crippen LogP contribution in [-0.4, -0.2) is 23.3 Å². The van der Waals surface area contributed by atoms with Crippen molar-refractivity contribution in [3.8, 4) is 5.88 Å². The van der Waals surface area contributed by atoms with Crippen molar-refractivity contribution in [2.45, 2.75) is 72.6 Å². The maximum atomic E-state index is 5.54. The molecule has 3 nitrogen and oxygen atoms in total. The van der Waals surface area contributed by atoms with Crippen LogP contribution in [0.3, 0.4) is 0 Å². The van der Waals surface area contributed by atoms with Gasteiger partial charge < -0.3 is 9.50 Å². The van der Waals surface area contributed by atoms with Gasteiger partial charge in [0, 0.05) is 23.6 Å². The molecule has 0 unspecified atom stereocenters. The number of rotatable bonds is 4. The number of pyridine rings is 1. The number of aromatic nitrogens is 1. The summed E-state index contributed by atoms with van der Waals surface area (Å²) in [4.78, 5) is 4.19. The maximum Gasteiger partial charge on any atom is 0.227 e. The van der Waals surface area contributed by atoms with Crippen LogP contribution in [0.25, 0.3) is 0 Å². The van der Waals surface area contributed by atoms with E-state index in [4.69, 9.17) is 4.18 Å². The van der Waals surface area contributed by atoms with Gasteiger partial charge in [0.25, 0.3) is 0 Å². The topological polar surface area (TPSA) is 34.1 Å². The number of nitrogens with zero attached hydrogens (tertiary/aromatic N) is 1. The van der Waals surface area contributed by atoms with Gasteiger partial charge in [0.1, 0.15) is 0 Å². The number of nitrogens with one attached hydrogen (secondary N) is 1. The fraction of sp³-hybridized carbons (Fsp3) is 0.706. The van der Waals surface area contributed by atoms with Crippen molar-refractivity contribution < 1.29 is 4.18 Å². The highest BCUT2D eigenvalue weighted by Gasteiger charge is 2.29. The van der Waals surface area contributed by atoms with Crippen LogP contribution in [-0.2, 0) is 0 Å². The predicted molar refractivity (Wildman–Crippen MR) is 97.1 cm³/mol. The van der Waals surface area contributed by atoms with Crippen LogP contribution in [0, 0.1) is 6.92 Å². The third-order valence-electron chi connectivity index (χ3n) is 2.66. The summed E-state index contributed by atoms with van der Waals surface area (Å²) in [5.41, 5.74) is 1.16. The van der Waals surface area contributed by atoms with E-state index in [1.54, 1.807) is 0 Å². The first-order chi connectivity index (χ1) is 10.3. The molecule has 0 radical (unpaired) electrons. The highest BCUT2D eigenvalue weighted by Crippen LogP contribution is 2.32. The SMILES string of the molecule is CC.CC.CC.CNC1CC(SOc2ccc(C)cn2)C1. The van der Waals surface area contributed by atoms with Crippen LogP contribution in [0.4, 0.5) is 0 Å². The average molecular weight is 315 g/mol. The lowest BCUT2D eigenvalue weighted by Crippen LogP contribution is -2.41. The van der Waals surface area contributed by atoms with Crippen molar-refractivity contribution in [1.82, 2.24) is 10.3 Å². The van der Waals surface area contributed by atoms with Crippen LogP contribution in [0.1, 0.15) is 59.9 Å². The first kappa shape index (κ1) is 22.5. The zero-order valence-electron chi connectivity index (χ0n) is 15.1. The molecule has 1 aliphatic carbocycles. The van der Waals surface area contributed by atoms with Crippen LogP contribution in [0.2, 0.25) is 0 Å². The predicted octanol–water partition coefficient (Wildman–Crippen LogP) is 5.25. The lowest BCUT2D eigenvalue weighted by Gasteiger charge is -2.33. The molecule has 0 aromatic carbocycles. The van der Waals surface area contributed by atoms with Gasteiger partial charge in [0.2, 0.25) is 5.88 Å². The molecule has 1 heterocycles. The summed E-state index contributed by atoms with van der Waals surface area (Å²) in [6, 6.07) is 4.61. The fourth-order valence-electron chi connectivity index (χ4n) is 1.50. The molecule has 1 fully saturated rings. The van der Waals surface area contributed by atoms with Crippen LogP contribution < -0.4 is 9.50 Å². The number of aryl methyl sites for hydroxylation is 1. The third-order valence-corrected chi connectivity index (χ3v) is 3.58. The van der Waals surface area contributed by atoms with E-state index in [2.05, 4.69) is 10.3 Å². The Hall–Kier alpha value is -0.740. The lowest BCUT2D eigenvalue weighted by atomic mass is 9.93. The van der Waals surface area contributed by atoms with Gasteiger partial charge in [-0.1, -0.05) is 47.6 Å². The first-order valence-electron chi connectivity index (χ1n) is 8.21.